The summed E-state index contributed by atoms with van der Waals surface area (Å²) in [5.41, 5.74) is 5.18. The molecule has 0 amide bonds. The summed E-state index contributed by atoms with van der Waals surface area (Å²) in [6.07, 6.45) is 1.71. The van der Waals surface area contributed by atoms with Gasteiger partial charge < -0.3 is 19.5 Å². The normalized spacial score (nSPS) is 14.2. The third-order valence-corrected chi connectivity index (χ3v) is 8.58. The van der Waals surface area contributed by atoms with Gasteiger partial charge in [-0.2, -0.15) is 4.98 Å². The maximum Gasteiger partial charge on any atom is 0.338 e. The maximum atomic E-state index is 13.5. The van der Waals surface area contributed by atoms with Crippen LogP contribution in [0.4, 0.5) is 5.95 Å². The Hall–Kier alpha value is -3.95. The molecule has 1 N–H and O–H groups in total. The van der Waals surface area contributed by atoms with Crippen LogP contribution in [0, 0.1) is 6.92 Å². The minimum atomic E-state index is -0.591. The van der Waals surface area contributed by atoms with Crippen LogP contribution in [0.2, 0.25) is 5.02 Å². The van der Waals surface area contributed by atoms with Gasteiger partial charge >= 0.3 is 5.97 Å². The van der Waals surface area contributed by atoms with Crippen molar-refractivity contribution in [3.63, 3.8) is 0 Å². The lowest BCUT2D eigenvalue weighted by Gasteiger charge is -2.28. The molecule has 0 saturated carbocycles. The monoisotopic (exact) mass is 632 g/mol. The van der Waals surface area contributed by atoms with Crippen molar-refractivity contribution in [1.29, 1.82) is 0 Å². The number of esters is 1. The number of halogens is 1. The summed E-state index contributed by atoms with van der Waals surface area (Å²) in [6.45, 7) is 9.13. The summed E-state index contributed by atoms with van der Waals surface area (Å²) in [4.78, 5) is 18.3. The standard InChI is InChI=1S/C34H37ClN4O4S/c1-5-7-18-42-32(40)30-23(4)36-33-37-34(44-21-26-14-10-11-15-27(26)35)38-39(33)31(30)24-16-17-28(29(19-24)41-6-2)43-20-25-13-9-8-12-22(25)3/h8-17,19,31H,5-7,18,20-21H2,1-4H3,(H,36,37,38). The number of carbonyl (C=O) groups is 1. The molecule has 1 atom stereocenters. The highest BCUT2D eigenvalue weighted by Gasteiger charge is 2.36. The van der Waals surface area contributed by atoms with E-state index in [1.165, 1.54) is 11.8 Å². The molecule has 3 aromatic carbocycles. The summed E-state index contributed by atoms with van der Waals surface area (Å²) in [5, 5.41) is 9.39. The van der Waals surface area contributed by atoms with Gasteiger partial charge in [0.15, 0.2) is 11.5 Å². The zero-order valence-corrected chi connectivity index (χ0v) is 27.0. The first-order valence-electron chi connectivity index (χ1n) is 14.8. The number of nitrogens with one attached hydrogen (secondary N) is 1. The third kappa shape index (κ3) is 7.22. The number of aryl methyl sites for hydroxylation is 1. The van der Waals surface area contributed by atoms with E-state index < -0.39 is 12.0 Å². The van der Waals surface area contributed by atoms with Crippen LogP contribution in [-0.2, 0) is 21.9 Å². The fraction of sp³-hybridized carbons (Fsp3) is 0.324. The minimum Gasteiger partial charge on any atom is -0.490 e. The number of hydrogen-bond acceptors (Lipinski definition) is 8. The molecule has 1 unspecified atom stereocenters. The van der Waals surface area contributed by atoms with Crippen LogP contribution >= 0.6 is 23.4 Å². The van der Waals surface area contributed by atoms with E-state index >= 15 is 0 Å². The molecule has 2 heterocycles. The molecule has 5 rings (SSSR count). The first kappa shape index (κ1) is 31.5. The Balaban J connectivity index is 1.49. The van der Waals surface area contributed by atoms with Gasteiger partial charge in [0, 0.05) is 16.5 Å². The van der Waals surface area contributed by atoms with Crippen molar-refractivity contribution in [3.8, 4) is 11.5 Å². The molecule has 1 aromatic heterocycles. The molecule has 10 heteroatoms. The molecule has 4 aromatic rings. The Kier molecular flexibility index (Phi) is 10.5. The number of ether oxygens (including phenoxy) is 3. The zero-order valence-electron chi connectivity index (χ0n) is 25.4. The van der Waals surface area contributed by atoms with E-state index in [2.05, 4.69) is 31.3 Å². The van der Waals surface area contributed by atoms with Gasteiger partial charge in [-0.05, 0) is 67.6 Å². The quantitative estimate of drug-likeness (QED) is 0.0898. The molecule has 44 heavy (non-hydrogen) atoms. The zero-order chi connectivity index (χ0) is 31.1. The van der Waals surface area contributed by atoms with Crippen molar-refractivity contribution in [2.45, 2.75) is 64.1 Å². The van der Waals surface area contributed by atoms with Gasteiger partial charge in [0.1, 0.15) is 12.6 Å². The summed E-state index contributed by atoms with van der Waals surface area (Å²) in [6, 6.07) is 21.0. The number of aromatic nitrogens is 3. The lowest BCUT2D eigenvalue weighted by atomic mass is 9.95. The van der Waals surface area contributed by atoms with E-state index in [-0.39, 0.29) is 0 Å². The second-order valence-electron chi connectivity index (χ2n) is 10.5. The molecule has 230 valence electrons. The van der Waals surface area contributed by atoms with Crippen LogP contribution in [0.25, 0.3) is 0 Å². The smallest absolute Gasteiger partial charge is 0.338 e. The number of thioether (sulfide) groups is 1. The van der Waals surface area contributed by atoms with E-state index in [0.717, 1.165) is 35.1 Å². The van der Waals surface area contributed by atoms with Crippen molar-refractivity contribution >= 4 is 35.3 Å². The molecule has 0 spiro atoms. The largest absolute Gasteiger partial charge is 0.490 e. The van der Waals surface area contributed by atoms with Gasteiger partial charge in [-0.1, -0.05) is 85.2 Å². The number of benzene rings is 3. The minimum absolute atomic E-state index is 0.345. The van der Waals surface area contributed by atoms with E-state index in [0.29, 0.717) is 64.5 Å². The highest BCUT2D eigenvalue weighted by molar-refractivity contribution is 7.98. The molecule has 0 fully saturated rings. The topological polar surface area (TPSA) is 87.5 Å². The van der Waals surface area contributed by atoms with E-state index in [9.17, 15) is 4.79 Å². The predicted octanol–water partition coefficient (Wildman–Crippen LogP) is 8.14. The second kappa shape index (κ2) is 14.7. The van der Waals surface area contributed by atoms with E-state index in [4.69, 9.17) is 35.9 Å². The third-order valence-electron chi connectivity index (χ3n) is 7.33. The summed E-state index contributed by atoms with van der Waals surface area (Å²) < 4.78 is 19.7. The number of hydrogen-bond donors (Lipinski definition) is 1. The number of carbonyl (C=O) groups excluding carboxylic acids is 1. The molecule has 0 radical (unpaired) electrons. The molecule has 1 aliphatic rings. The fourth-order valence-corrected chi connectivity index (χ4v) is 6.03. The fourth-order valence-electron chi connectivity index (χ4n) is 4.92. The lowest BCUT2D eigenvalue weighted by molar-refractivity contribution is -0.139. The van der Waals surface area contributed by atoms with E-state index in [1.54, 1.807) is 4.68 Å². The first-order valence-corrected chi connectivity index (χ1v) is 16.2. The Morgan fingerprint density at radius 1 is 1.00 bits per heavy atom. The summed E-state index contributed by atoms with van der Waals surface area (Å²) in [5.74, 6) is 1.96. The number of unbranched alkanes of at least 4 members (excludes halogenated alkanes) is 1. The average molecular weight is 633 g/mol. The maximum absolute atomic E-state index is 13.5. The molecule has 0 saturated heterocycles. The van der Waals surface area contributed by atoms with Crippen LogP contribution in [0.1, 0.15) is 61.9 Å². The highest BCUT2D eigenvalue weighted by Crippen LogP contribution is 2.40. The van der Waals surface area contributed by atoms with Crippen LogP contribution in [0.15, 0.2) is 83.2 Å². The van der Waals surface area contributed by atoms with Crippen molar-refractivity contribution in [3.05, 3.63) is 105 Å². The van der Waals surface area contributed by atoms with Crippen molar-refractivity contribution < 1.29 is 19.0 Å². The predicted molar refractivity (Wildman–Crippen MR) is 174 cm³/mol. The van der Waals surface area contributed by atoms with Gasteiger partial charge in [-0.15, -0.1) is 5.10 Å². The van der Waals surface area contributed by atoms with Gasteiger partial charge in [0.2, 0.25) is 11.1 Å². The van der Waals surface area contributed by atoms with Crippen LogP contribution in [0.3, 0.4) is 0 Å². The molecule has 0 bridgehead atoms. The van der Waals surface area contributed by atoms with Gasteiger partial charge in [-0.25, -0.2) is 9.48 Å². The molecule has 0 aliphatic carbocycles. The molecular weight excluding hydrogens is 596 g/mol. The molecular formula is C34H37ClN4O4S. The van der Waals surface area contributed by atoms with Crippen molar-refractivity contribution in [1.82, 2.24) is 14.8 Å². The summed E-state index contributed by atoms with van der Waals surface area (Å²) in [7, 11) is 0. The number of rotatable bonds is 13. The Morgan fingerprint density at radius 3 is 2.52 bits per heavy atom. The van der Waals surface area contributed by atoms with Gasteiger partial charge in [0.25, 0.3) is 0 Å². The number of anilines is 1. The summed E-state index contributed by atoms with van der Waals surface area (Å²) >= 11 is 7.86. The lowest BCUT2D eigenvalue weighted by Crippen LogP contribution is -2.30. The number of allylic oxidation sites excluding steroid dienone is 1. The van der Waals surface area contributed by atoms with Crippen LogP contribution < -0.4 is 14.8 Å². The van der Waals surface area contributed by atoms with Gasteiger partial charge in [0.05, 0.1) is 18.8 Å². The number of nitrogens with zero attached hydrogens (tertiary/aromatic N) is 3. The van der Waals surface area contributed by atoms with Crippen molar-refractivity contribution in [2.75, 3.05) is 18.5 Å². The van der Waals surface area contributed by atoms with Crippen LogP contribution in [-0.4, -0.2) is 33.9 Å². The Bertz CT molecular complexity index is 1650. The SMILES string of the molecule is CCCCOC(=O)C1=C(C)Nc2nc(SCc3ccccc3Cl)nn2C1c1ccc(OCc2ccccc2C)c(OCC)c1. The van der Waals surface area contributed by atoms with E-state index in [1.807, 2.05) is 68.4 Å². The second-order valence-corrected chi connectivity index (χ2v) is 11.8. The Labute approximate surface area is 267 Å². The molecule has 8 nitrogen and oxygen atoms in total. The number of fused-ring (bicyclic) bond motifs is 1. The highest BCUT2D eigenvalue weighted by atomic mass is 35.5. The van der Waals surface area contributed by atoms with Crippen LogP contribution in [0.5, 0.6) is 11.5 Å². The Morgan fingerprint density at radius 2 is 1.77 bits per heavy atom. The molecule has 1 aliphatic heterocycles. The van der Waals surface area contributed by atoms with Crippen molar-refractivity contribution in [2.24, 2.45) is 0 Å². The average Bonchev–Trinajstić information content (AvgIpc) is 3.42. The van der Waals surface area contributed by atoms with Gasteiger partial charge in [-0.3, -0.25) is 0 Å². The first-order chi connectivity index (χ1) is 21.4.